The van der Waals surface area contributed by atoms with E-state index in [0.29, 0.717) is 13.2 Å². The number of anilines is 1. The van der Waals surface area contributed by atoms with Crippen molar-refractivity contribution in [1.82, 2.24) is 4.90 Å². The highest BCUT2D eigenvalue weighted by molar-refractivity contribution is 5.95. The minimum atomic E-state index is -0.477. The maximum absolute atomic E-state index is 12.2. The number of nitrogens with one attached hydrogen (secondary N) is 1. The Balaban J connectivity index is 2.01. The van der Waals surface area contributed by atoms with Gasteiger partial charge in [-0.1, -0.05) is 24.6 Å². The minimum Gasteiger partial charge on any atom is -0.463 e. The molecule has 1 amide bonds. The van der Waals surface area contributed by atoms with Gasteiger partial charge in [-0.15, -0.1) is 0 Å². The molecule has 0 saturated carbocycles. The van der Waals surface area contributed by atoms with Crippen LogP contribution in [-0.4, -0.2) is 42.5 Å². The third kappa shape index (κ3) is 3.82. The predicted octanol–water partition coefficient (Wildman–Crippen LogP) is 1.88. The number of ether oxygens (including phenoxy) is 1. The van der Waals surface area contributed by atoms with Gasteiger partial charge in [-0.2, -0.15) is 0 Å². The predicted molar refractivity (Wildman–Crippen MR) is 81.2 cm³/mol. The molecule has 1 aromatic carbocycles. The molecule has 0 aliphatic carbocycles. The van der Waals surface area contributed by atoms with E-state index in [1.807, 2.05) is 43.9 Å². The van der Waals surface area contributed by atoms with Gasteiger partial charge in [0.05, 0.1) is 6.42 Å². The van der Waals surface area contributed by atoms with Crippen LogP contribution in [-0.2, 0) is 14.3 Å². The highest BCUT2D eigenvalue weighted by atomic mass is 16.5. The quantitative estimate of drug-likeness (QED) is 0.860. The van der Waals surface area contributed by atoms with Crippen LogP contribution in [0.3, 0.4) is 0 Å². The summed E-state index contributed by atoms with van der Waals surface area (Å²) in [4.78, 5) is 26.0. The Morgan fingerprint density at radius 3 is 2.86 bits per heavy atom. The average molecular weight is 290 g/mol. The van der Waals surface area contributed by atoms with Crippen LogP contribution in [0.4, 0.5) is 5.69 Å². The number of aryl methyl sites for hydroxylation is 2. The summed E-state index contributed by atoms with van der Waals surface area (Å²) in [6.07, 6.45) is 0.125. The molecule has 1 aliphatic rings. The molecule has 1 saturated heterocycles. The van der Waals surface area contributed by atoms with Crippen molar-refractivity contribution in [3.63, 3.8) is 0 Å². The van der Waals surface area contributed by atoms with Gasteiger partial charge in [-0.25, -0.2) is 0 Å². The summed E-state index contributed by atoms with van der Waals surface area (Å²) in [5, 5.41) is 2.88. The maximum atomic E-state index is 12.2. The molecule has 5 heteroatoms. The first-order chi connectivity index (χ1) is 10.0. The number of carbonyl (C=O) groups excluding carboxylic acids is 2. The van der Waals surface area contributed by atoms with E-state index in [9.17, 15) is 9.59 Å². The Kier molecular flexibility index (Phi) is 4.96. The molecule has 0 spiro atoms. The summed E-state index contributed by atoms with van der Waals surface area (Å²) in [6.45, 7) is 7.77. The third-order valence-corrected chi connectivity index (χ3v) is 3.78. The monoisotopic (exact) mass is 290 g/mol. The standard InChI is InChI=1S/C16H22N2O3/c1-4-18-7-8-21-16(20)14(18)10-15(19)17-13-6-5-11(2)9-12(13)3/h5-6,9,14H,4,7-8,10H2,1-3H3,(H,17,19)/t14-/m1/s1. The molecule has 114 valence electrons. The summed E-state index contributed by atoms with van der Waals surface area (Å²) in [5.74, 6) is -0.469. The van der Waals surface area contributed by atoms with E-state index in [1.54, 1.807) is 0 Å². The Hall–Kier alpha value is -1.88. The summed E-state index contributed by atoms with van der Waals surface area (Å²) >= 11 is 0. The first-order valence-corrected chi connectivity index (χ1v) is 7.29. The molecule has 0 aromatic heterocycles. The molecule has 0 radical (unpaired) electrons. The van der Waals surface area contributed by atoms with Gasteiger partial charge < -0.3 is 10.1 Å². The topological polar surface area (TPSA) is 58.6 Å². The number of likely N-dealkylation sites (N-methyl/N-ethyl adjacent to an activating group) is 1. The summed E-state index contributed by atoms with van der Waals surface area (Å²) in [5.41, 5.74) is 2.96. The van der Waals surface area contributed by atoms with E-state index >= 15 is 0 Å². The Labute approximate surface area is 125 Å². The minimum absolute atomic E-state index is 0.125. The Morgan fingerprint density at radius 2 is 2.19 bits per heavy atom. The van der Waals surface area contributed by atoms with Crippen LogP contribution in [0.15, 0.2) is 18.2 Å². The number of amides is 1. The van der Waals surface area contributed by atoms with Gasteiger partial charge >= 0.3 is 5.97 Å². The number of nitrogens with zero attached hydrogens (tertiary/aromatic N) is 1. The van der Waals surface area contributed by atoms with Crippen LogP contribution < -0.4 is 5.32 Å². The molecule has 1 N–H and O–H groups in total. The third-order valence-electron chi connectivity index (χ3n) is 3.78. The van der Waals surface area contributed by atoms with E-state index in [4.69, 9.17) is 4.74 Å². The zero-order chi connectivity index (χ0) is 15.4. The van der Waals surface area contributed by atoms with Crippen LogP contribution in [0.5, 0.6) is 0 Å². The number of morpholine rings is 1. The van der Waals surface area contributed by atoms with E-state index in [2.05, 4.69) is 5.32 Å². The van der Waals surface area contributed by atoms with Crippen molar-refractivity contribution < 1.29 is 14.3 Å². The molecule has 1 atom stereocenters. The number of rotatable bonds is 4. The van der Waals surface area contributed by atoms with Crippen molar-refractivity contribution in [3.05, 3.63) is 29.3 Å². The molecule has 1 fully saturated rings. The molecule has 0 bridgehead atoms. The first-order valence-electron chi connectivity index (χ1n) is 7.29. The van der Waals surface area contributed by atoms with E-state index in [-0.39, 0.29) is 18.3 Å². The van der Waals surface area contributed by atoms with Crippen LogP contribution >= 0.6 is 0 Å². The second-order valence-electron chi connectivity index (χ2n) is 5.38. The molecular weight excluding hydrogens is 268 g/mol. The zero-order valence-electron chi connectivity index (χ0n) is 12.8. The number of hydrogen-bond acceptors (Lipinski definition) is 4. The van der Waals surface area contributed by atoms with Gasteiger partial charge in [0.15, 0.2) is 0 Å². The fourth-order valence-electron chi connectivity index (χ4n) is 2.59. The highest BCUT2D eigenvalue weighted by Crippen LogP contribution is 2.18. The molecule has 1 heterocycles. The lowest BCUT2D eigenvalue weighted by molar-refractivity contribution is -0.158. The summed E-state index contributed by atoms with van der Waals surface area (Å²) in [7, 11) is 0. The summed E-state index contributed by atoms with van der Waals surface area (Å²) < 4.78 is 5.05. The fraction of sp³-hybridized carbons (Fsp3) is 0.500. The molecule has 1 aromatic rings. The number of cyclic esters (lactones) is 1. The lowest BCUT2D eigenvalue weighted by atomic mass is 10.1. The molecular formula is C16H22N2O3. The molecule has 0 unspecified atom stereocenters. The van der Waals surface area contributed by atoms with Crippen molar-refractivity contribution in [2.45, 2.75) is 33.2 Å². The second-order valence-corrected chi connectivity index (χ2v) is 5.38. The van der Waals surface area contributed by atoms with Crippen molar-refractivity contribution in [2.75, 3.05) is 25.0 Å². The van der Waals surface area contributed by atoms with Gasteiger partial charge in [0.2, 0.25) is 5.91 Å². The van der Waals surface area contributed by atoms with Crippen LogP contribution in [0.25, 0.3) is 0 Å². The average Bonchev–Trinajstić information content (AvgIpc) is 2.44. The Bertz CT molecular complexity index is 542. The van der Waals surface area contributed by atoms with Crippen molar-refractivity contribution in [1.29, 1.82) is 0 Å². The van der Waals surface area contributed by atoms with Gasteiger partial charge in [0.1, 0.15) is 12.6 Å². The normalized spacial score (nSPS) is 19.2. The number of hydrogen-bond donors (Lipinski definition) is 1. The number of benzene rings is 1. The van der Waals surface area contributed by atoms with Crippen LogP contribution in [0.1, 0.15) is 24.5 Å². The van der Waals surface area contributed by atoms with Gasteiger partial charge in [-0.3, -0.25) is 14.5 Å². The van der Waals surface area contributed by atoms with Crippen LogP contribution in [0.2, 0.25) is 0 Å². The first kappa shape index (κ1) is 15.5. The highest BCUT2D eigenvalue weighted by Gasteiger charge is 2.32. The smallest absolute Gasteiger partial charge is 0.323 e. The zero-order valence-corrected chi connectivity index (χ0v) is 12.8. The van der Waals surface area contributed by atoms with E-state index in [0.717, 1.165) is 23.4 Å². The SMILES string of the molecule is CCN1CCOC(=O)[C@H]1CC(=O)Nc1ccc(C)cc1C. The number of esters is 1. The van der Waals surface area contributed by atoms with Gasteiger partial charge in [0.25, 0.3) is 0 Å². The van der Waals surface area contributed by atoms with Gasteiger partial charge in [0, 0.05) is 12.2 Å². The maximum Gasteiger partial charge on any atom is 0.323 e. The lowest BCUT2D eigenvalue weighted by Gasteiger charge is -2.32. The van der Waals surface area contributed by atoms with Crippen molar-refractivity contribution in [2.24, 2.45) is 0 Å². The molecule has 21 heavy (non-hydrogen) atoms. The largest absolute Gasteiger partial charge is 0.463 e. The van der Waals surface area contributed by atoms with Crippen LogP contribution in [0, 0.1) is 13.8 Å². The summed E-state index contributed by atoms with van der Waals surface area (Å²) in [6, 6.07) is 5.38. The fourth-order valence-corrected chi connectivity index (χ4v) is 2.59. The molecule has 5 nitrogen and oxygen atoms in total. The molecule has 1 aliphatic heterocycles. The molecule has 2 rings (SSSR count). The lowest BCUT2D eigenvalue weighted by Crippen LogP contribution is -2.50. The van der Waals surface area contributed by atoms with Gasteiger partial charge in [-0.05, 0) is 32.0 Å². The number of carbonyl (C=O) groups is 2. The van der Waals surface area contributed by atoms with E-state index in [1.165, 1.54) is 0 Å². The second kappa shape index (κ2) is 6.72. The van der Waals surface area contributed by atoms with E-state index < -0.39 is 6.04 Å². The Morgan fingerprint density at radius 1 is 1.43 bits per heavy atom. The van der Waals surface area contributed by atoms with Crippen molar-refractivity contribution >= 4 is 17.6 Å². The van der Waals surface area contributed by atoms with Crippen molar-refractivity contribution in [3.8, 4) is 0 Å².